The molecule has 0 saturated carbocycles. The van der Waals surface area contributed by atoms with Crippen LogP contribution >= 0.6 is 11.8 Å². The van der Waals surface area contributed by atoms with Gasteiger partial charge in [-0.15, -0.1) is 0 Å². The number of aromatic nitrogens is 3. The van der Waals surface area contributed by atoms with Crippen molar-refractivity contribution in [2.24, 2.45) is 7.05 Å². The van der Waals surface area contributed by atoms with E-state index in [0.29, 0.717) is 18.8 Å². The second-order valence-corrected chi connectivity index (χ2v) is 3.63. The lowest BCUT2D eigenvalue weighted by Gasteiger charge is -2.00. The number of carbonyl (C=O) groups excluding carboxylic acids is 1. The van der Waals surface area contributed by atoms with Crippen molar-refractivity contribution in [1.82, 2.24) is 14.8 Å². The molecule has 14 heavy (non-hydrogen) atoms. The average Bonchev–Trinajstić information content (AvgIpc) is 2.52. The monoisotopic (exact) mass is 215 g/mol. The van der Waals surface area contributed by atoms with Crippen molar-refractivity contribution in [3.8, 4) is 0 Å². The molecule has 1 rings (SSSR count). The summed E-state index contributed by atoms with van der Waals surface area (Å²) in [6.45, 7) is 2.24. The van der Waals surface area contributed by atoms with Crippen molar-refractivity contribution in [3.63, 3.8) is 0 Å². The first-order chi connectivity index (χ1) is 6.74. The van der Waals surface area contributed by atoms with E-state index < -0.39 is 0 Å². The molecule has 0 saturated heterocycles. The zero-order valence-electron chi connectivity index (χ0n) is 8.27. The Morgan fingerprint density at radius 3 is 3.07 bits per heavy atom. The molecule has 0 aromatic carbocycles. The summed E-state index contributed by atoms with van der Waals surface area (Å²) in [7, 11) is 1.82. The van der Waals surface area contributed by atoms with Crippen LogP contribution in [-0.2, 0) is 16.6 Å². The summed E-state index contributed by atoms with van der Waals surface area (Å²) in [5, 5.41) is 4.73. The largest absolute Gasteiger partial charge is 0.466 e. The second-order valence-electron chi connectivity index (χ2n) is 2.57. The second kappa shape index (κ2) is 5.64. The molecule has 1 heterocycles. The molecule has 6 heteroatoms. The zero-order chi connectivity index (χ0) is 10.4. The molecule has 0 radical (unpaired) electrons. The Morgan fingerprint density at radius 2 is 2.50 bits per heavy atom. The average molecular weight is 215 g/mol. The van der Waals surface area contributed by atoms with E-state index in [2.05, 4.69) is 10.1 Å². The van der Waals surface area contributed by atoms with Crippen molar-refractivity contribution in [2.45, 2.75) is 18.5 Å². The maximum atomic E-state index is 11.0. The van der Waals surface area contributed by atoms with Crippen LogP contribution in [0.2, 0.25) is 0 Å². The molecule has 0 atom stereocenters. The molecule has 1 aromatic rings. The van der Waals surface area contributed by atoms with Crippen molar-refractivity contribution < 1.29 is 9.53 Å². The van der Waals surface area contributed by atoms with Gasteiger partial charge in [-0.25, -0.2) is 9.67 Å². The summed E-state index contributed by atoms with van der Waals surface area (Å²) in [4.78, 5) is 15.0. The van der Waals surface area contributed by atoms with Crippen LogP contribution in [0.15, 0.2) is 11.5 Å². The molecule has 78 valence electrons. The van der Waals surface area contributed by atoms with Gasteiger partial charge in [0.25, 0.3) is 0 Å². The zero-order valence-corrected chi connectivity index (χ0v) is 9.08. The van der Waals surface area contributed by atoms with Crippen molar-refractivity contribution in [3.05, 3.63) is 6.33 Å². The van der Waals surface area contributed by atoms with Crippen LogP contribution in [-0.4, -0.2) is 33.1 Å². The van der Waals surface area contributed by atoms with Gasteiger partial charge in [0.2, 0.25) is 0 Å². The van der Waals surface area contributed by atoms with Gasteiger partial charge < -0.3 is 4.74 Å². The summed E-state index contributed by atoms with van der Waals surface area (Å²) in [5.74, 6) is 0.507. The third-order valence-corrected chi connectivity index (χ3v) is 2.55. The molecule has 0 N–H and O–H groups in total. The van der Waals surface area contributed by atoms with Gasteiger partial charge in [-0.05, 0) is 6.92 Å². The standard InChI is InChI=1S/C8H13N3O2S/c1-3-13-7(12)4-5-14-8-9-6-10-11(8)2/h6H,3-5H2,1-2H3. The number of esters is 1. The normalized spacial score (nSPS) is 10.1. The first kappa shape index (κ1) is 11.0. The smallest absolute Gasteiger partial charge is 0.306 e. The number of hydrogen-bond donors (Lipinski definition) is 0. The molecule has 0 bridgehead atoms. The number of nitrogens with zero attached hydrogens (tertiary/aromatic N) is 3. The molecular formula is C8H13N3O2S. The van der Waals surface area contributed by atoms with E-state index in [4.69, 9.17) is 4.74 Å². The van der Waals surface area contributed by atoms with Gasteiger partial charge >= 0.3 is 5.97 Å². The summed E-state index contributed by atoms with van der Waals surface area (Å²) in [6, 6.07) is 0. The predicted molar refractivity (Wildman–Crippen MR) is 53.0 cm³/mol. The van der Waals surface area contributed by atoms with Crippen LogP contribution in [0, 0.1) is 0 Å². The number of thioether (sulfide) groups is 1. The van der Waals surface area contributed by atoms with Crippen LogP contribution in [0.3, 0.4) is 0 Å². The molecule has 0 spiro atoms. The van der Waals surface area contributed by atoms with E-state index in [-0.39, 0.29) is 5.97 Å². The Labute approximate surface area is 86.8 Å². The minimum Gasteiger partial charge on any atom is -0.466 e. The maximum absolute atomic E-state index is 11.0. The highest BCUT2D eigenvalue weighted by Crippen LogP contribution is 2.14. The van der Waals surface area contributed by atoms with Crippen molar-refractivity contribution in [2.75, 3.05) is 12.4 Å². The molecule has 0 unspecified atom stereocenters. The maximum Gasteiger partial charge on any atom is 0.306 e. The van der Waals surface area contributed by atoms with Gasteiger partial charge in [-0.2, -0.15) is 5.10 Å². The Bertz CT molecular complexity index is 301. The third kappa shape index (κ3) is 3.37. The van der Waals surface area contributed by atoms with Gasteiger partial charge in [0.1, 0.15) is 6.33 Å². The fourth-order valence-corrected chi connectivity index (χ4v) is 1.68. The minimum atomic E-state index is -0.165. The molecule has 0 aliphatic heterocycles. The van der Waals surface area contributed by atoms with E-state index in [1.807, 2.05) is 7.05 Å². The van der Waals surface area contributed by atoms with E-state index in [1.54, 1.807) is 11.6 Å². The predicted octanol–water partition coefficient (Wildman–Crippen LogP) is 0.860. The molecular weight excluding hydrogens is 202 g/mol. The minimum absolute atomic E-state index is 0.165. The van der Waals surface area contributed by atoms with E-state index in [1.165, 1.54) is 18.1 Å². The van der Waals surface area contributed by atoms with Gasteiger partial charge in [0, 0.05) is 12.8 Å². The molecule has 0 aliphatic carbocycles. The molecule has 0 amide bonds. The fourth-order valence-electron chi connectivity index (χ4n) is 0.875. The SMILES string of the molecule is CCOC(=O)CCSc1ncnn1C. The van der Waals surface area contributed by atoms with Crippen LogP contribution in [0.5, 0.6) is 0 Å². The lowest BCUT2D eigenvalue weighted by atomic mass is 10.5. The molecule has 5 nitrogen and oxygen atoms in total. The molecule has 0 aliphatic rings. The van der Waals surface area contributed by atoms with Crippen LogP contribution in [0.25, 0.3) is 0 Å². The summed E-state index contributed by atoms with van der Waals surface area (Å²) in [6.07, 6.45) is 1.90. The van der Waals surface area contributed by atoms with Crippen molar-refractivity contribution >= 4 is 17.7 Å². The highest BCUT2D eigenvalue weighted by Gasteiger charge is 2.04. The van der Waals surface area contributed by atoms with Crippen LogP contribution in [0.4, 0.5) is 0 Å². The number of aryl methyl sites for hydroxylation is 1. The molecule has 0 fully saturated rings. The topological polar surface area (TPSA) is 57.0 Å². The quantitative estimate of drug-likeness (QED) is 0.538. The highest BCUT2D eigenvalue weighted by molar-refractivity contribution is 7.99. The summed E-state index contributed by atoms with van der Waals surface area (Å²) < 4.78 is 6.47. The Kier molecular flexibility index (Phi) is 4.45. The van der Waals surface area contributed by atoms with Crippen LogP contribution < -0.4 is 0 Å². The van der Waals surface area contributed by atoms with Gasteiger partial charge in [0.05, 0.1) is 13.0 Å². The first-order valence-electron chi connectivity index (χ1n) is 4.36. The summed E-state index contributed by atoms with van der Waals surface area (Å²) in [5.41, 5.74) is 0. The first-order valence-corrected chi connectivity index (χ1v) is 5.35. The summed E-state index contributed by atoms with van der Waals surface area (Å²) >= 11 is 1.50. The van der Waals surface area contributed by atoms with E-state index in [9.17, 15) is 4.79 Å². The van der Waals surface area contributed by atoms with Gasteiger partial charge in [-0.3, -0.25) is 4.79 Å². The number of hydrogen-bond acceptors (Lipinski definition) is 5. The highest BCUT2D eigenvalue weighted by atomic mass is 32.2. The number of ether oxygens (including phenoxy) is 1. The Balaban J connectivity index is 2.22. The Hall–Kier alpha value is -1.04. The molecule has 1 aromatic heterocycles. The Morgan fingerprint density at radius 1 is 1.71 bits per heavy atom. The van der Waals surface area contributed by atoms with E-state index >= 15 is 0 Å². The number of rotatable bonds is 5. The van der Waals surface area contributed by atoms with Gasteiger partial charge in [0.15, 0.2) is 5.16 Å². The number of carbonyl (C=O) groups is 1. The fraction of sp³-hybridized carbons (Fsp3) is 0.625. The van der Waals surface area contributed by atoms with Gasteiger partial charge in [-0.1, -0.05) is 11.8 Å². The van der Waals surface area contributed by atoms with Crippen LogP contribution in [0.1, 0.15) is 13.3 Å². The third-order valence-electron chi connectivity index (χ3n) is 1.51. The van der Waals surface area contributed by atoms with Crippen molar-refractivity contribution in [1.29, 1.82) is 0 Å². The van der Waals surface area contributed by atoms with E-state index in [0.717, 1.165) is 5.16 Å². The lowest BCUT2D eigenvalue weighted by molar-refractivity contribution is -0.142. The lowest BCUT2D eigenvalue weighted by Crippen LogP contribution is -2.05.